The number of amides is 8. The molecule has 4 aromatic heterocycles. The number of benzene rings is 8. The van der Waals surface area contributed by atoms with Crippen molar-refractivity contribution in [2.24, 2.45) is 5.73 Å². The highest BCUT2D eigenvalue weighted by atomic mass is 16.2. The Kier molecular flexibility index (Phi) is 23.0. The molecule has 26 heteroatoms. The van der Waals surface area contributed by atoms with Crippen LogP contribution in [0.25, 0.3) is 112 Å². The van der Waals surface area contributed by atoms with Gasteiger partial charge in [0, 0.05) is 112 Å². The highest BCUT2D eigenvalue weighted by molar-refractivity contribution is 6.00. The lowest BCUT2D eigenvalue weighted by Crippen LogP contribution is -2.56. The van der Waals surface area contributed by atoms with Crippen molar-refractivity contribution in [3.05, 3.63) is 192 Å². The molecular formula is C83H90N18O8. The van der Waals surface area contributed by atoms with Gasteiger partial charge in [-0.1, -0.05) is 72.8 Å². The van der Waals surface area contributed by atoms with Crippen LogP contribution in [0.5, 0.6) is 0 Å². The number of unbranched alkanes of at least 4 members (excludes halogenated alkanes) is 1. The number of rotatable bonds is 29. The summed E-state index contributed by atoms with van der Waals surface area (Å²) in [5.74, 6) is -0.582. The van der Waals surface area contributed by atoms with Crippen molar-refractivity contribution in [3.8, 4) is 67.8 Å². The second-order valence-electron chi connectivity index (χ2n) is 28.2. The molecule has 0 aliphatic carbocycles. The number of nitrogens with one attached hydrogen (secondary N) is 6. The third kappa shape index (κ3) is 17.4. The lowest BCUT2D eigenvalue weighted by atomic mass is 10.0. The summed E-state index contributed by atoms with van der Waals surface area (Å²) in [5, 5.41) is 5.88. The number of nitrogens with zero attached hydrogens (tertiary/aromatic N) is 11. The number of nitrogens with two attached hydrogens (primary N) is 1. The van der Waals surface area contributed by atoms with Gasteiger partial charge in [0.05, 0.1) is 50.7 Å². The monoisotopic (exact) mass is 1470 g/mol. The van der Waals surface area contributed by atoms with Gasteiger partial charge in [0.15, 0.2) is 0 Å². The molecule has 0 aliphatic rings. The van der Waals surface area contributed by atoms with Crippen LogP contribution in [0, 0.1) is 0 Å². The van der Waals surface area contributed by atoms with Crippen LogP contribution >= 0.6 is 0 Å². The fourth-order valence-electron chi connectivity index (χ4n) is 12.9. The van der Waals surface area contributed by atoms with Gasteiger partial charge >= 0.3 is 0 Å². The maximum atomic E-state index is 14.1. The molecule has 0 fully saturated rings. The van der Waals surface area contributed by atoms with Gasteiger partial charge < -0.3 is 70.6 Å². The van der Waals surface area contributed by atoms with Crippen LogP contribution in [-0.4, -0.2) is 242 Å². The maximum Gasteiger partial charge on any atom is 0.254 e. The molecule has 8 N–H and O–H groups in total. The normalized spacial score (nSPS) is 12.3. The van der Waals surface area contributed by atoms with E-state index in [0.717, 1.165) is 102 Å². The minimum Gasteiger partial charge on any atom is -0.368 e. The van der Waals surface area contributed by atoms with Gasteiger partial charge in [0.2, 0.25) is 23.6 Å². The van der Waals surface area contributed by atoms with Crippen molar-refractivity contribution >= 4 is 91.4 Å². The van der Waals surface area contributed by atoms with E-state index in [4.69, 9.17) is 25.7 Å². The first-order valence-corrected chi connectivity index (χ1v) is 36.2. The van der Waals surface area contributed by atoms with Crippen molar-refractivity contribution in [3.63, 3.8) is 0 Å². The van der Waals surface area contributed by atoms with Crippen LogP contribution in [0.15, 0.2) is 170 Å². The molecule has 26 nitrogen and oxygen atoms in total. The van der Waals surface area contributed by atoms with E-state index in [9.17, 15) is 38.4 Å². The Morgan fingerprint density at radius 3 is 0.982 bits per heavy atom. The predicted molar refractivity (Wildman–Crippen MR) is 424 cm³/mol. The van der Waals surface area contributed by atoms with E-state index in [1.54, 1.807) is 86.5 Å². The molecule has 109 heavy (non-hydrogen) atoms. The van der Waals surface area contributed by atoms with Crippen LogP contribution in [0.3, 0.4) is 0 Å². The van der Waals surface area contributed by atoms with E-state index < -0.39 is 54.2 Å². The second kappa shape index (κ2) is 33.0. The third-order valence-corrected chi connectivity index (χ3v) is 19.9. The van der Waals surface area contributed by atoms with Gasteiger partial charge in [-0.25, -0.2) is 19.9 Å². The van der Waals surface area contributed by atoms with Crippen molar-refractivity contribution in [1.82, 2.24) is 84.8 Å². The number of hydrogen-bond donors (Lipinski definition) is 7. The molecule has 8 amide bonds. The number of aromatic nitrogens is 8. The first-order valence-electron chi connectivity index (χ1n) is 36.2. The lowest BCUT2D eigenvalue weighted by molar-refractivity contribution is -0.150. The van der Waals surface area contributed by atoms with E-state index in [1.807, 2.05) is 147 Å². The van der Waals surface area contributed by atoms with Gasteiger partial charge in [-0.15, -0.1) is 0 Å². The molecule has 0 aliphatic heterocycles. The van der Waals surface area contributed by atoms with Crippen LogP contribution in [0.4, 0.5) is 0 Å². The summed E-state index contributed by atoms with van der Waals surface area (Å²) in [4.78, 5) is 151. The number of hydrogen-bond acceptors (Lipinski definition) is 14. The van der Waals surface area contributed by atoms with Gasteiger partial charge in [0.1, 0.15) is 41.4 Å². The van der Waals surface area contributed by atoms with Crippen molar-refractivity contribution in [1.29, 1.82) is 0 Å². The molecule has 12 aromatic rings. The standard InChI is InChI=1S/C83H90N18O8/c1-49(98(9)80(106)50(2)100(11)83(109)59-28-20-55(21-29-59)76-90-67-37-33-63(47-71(67)94-76)61-31-35-65-69(45-61)92-74(88-65)53-16-24-57(25-17-53)78(104)86-39-43-96(6)7)79(105)99(10)51(3)81(107)101(48-72(84)102)41-13-12-40-97(8)82(108)58-26-18-54(19-27-58)75-89-66-36-32-62(46-70(66)93-75)60-30-34-64-68(44-60)91-73(87-64)52-14-22-56(23-15-52)77(103)85-38-42-95(4)5/h14-37,44-47,49-51H,12-13,38-43,48H2,1-11H3,(H2,84,102)(H,85,103)(H,86,104)(H,87,91)(H,88,92)(H,89,93)(H,90,94)/t49-,50-,51-/m0/s1. The summed E-state index contributed by atoms with van der Waals surface area (Å²) in [7, 11) is 14.0. The zero-order valence-corrected chi connectivity index (χ0v) is 63.0. The average Bonchev–Trinajstić information content (AvgIpc) is 1.66. The predicted octanol–water partition coefficient (Wildman–Crippen LogP) is 9.80. The molecular weight excluding hydrogens is 1380 g/mol. The molecule has 0 spiro atoms. The Morgan fingerprint density at radius 1 is 0.358 bits per heavy atom. The maximum absolute atomic E-state index is 14.1. The van der Waals surface area contributed by atoms with E-state index in [0.29, 0.717) is 78.0 Å². The molecule has 560 valence electrons. The molecule has 0 radical (unpaired) electrons. The minimum absolute atomic E-state index is 0.117. The fraction of sp³-hybridized carbons (Fsp3) is 0.277. The highest BCUT2D eigenvalue weighted by Crippen LogP contribution is 2.33. The van der Waals surface area contributed by atoms with Crippen molar-refractivity contribution < 1.29 is 38.4 Å². The lowest BCUT2D eigenvalue weighted by Gasteiger charge is -2.35. The SMILES string of the molecule is C[C@@H](C(=O)N(C)[C@@H](C)C(=O)N(C)[C@@H](C)C(=O)N(CCCCN(C)C(=O)c1ccc(-c2nc3cc(-c4ccc5[nH]c(-c6ccc(C(=O)NCCN(C)C)cc6)nc5c4)ccc3[nH]2)cc1)CC(N)=O)N(C)C(=O)c1ccc(-c2nc3cc(-c4ccc5[nH]c(-c6ccc(C(=O)NCCN(C)C)cc6)nc5c4)ccc3[nH]2)cc1. The first kappa shape index (κ1) is 76.0. The molecule has 0 saturated carbocycles. The smallest absolute Gasteiger partial charge is 0.254 e. The zero-order valence-electron chi connectivity index (χ0n) is 63.0. The number of carbonyl (C=O) groups excluding carboxylic acids is 8. The first-order chi connectivity index (χ1) is 52.2. The highest BCUT2D eigenvalue weighted by Gasteiger charge is 2.35. The second-order valence-corrected chi connectivity index (χ2v) is 28.2. The molecule has 0 bridgehead atoms. The molecule has 0 saturated heterocycles. The summed E-state index contributed by atoms with van der Waals surface area (Å²) in [6.45, 7) is 7.34. The molecule has 3 atom stereocenters. The summed E-state index contributed by atoms with van der Waals surface area (Å²) >= 11 is 0. The number of likely N-dealkylation sites (N-methyl/N-ethyl adjacent to an activating group) is 5. The van der Waals surface area contributed by atoms with Crippen LogP contribution in [0.1, 0.15) is 75.0 Å². The van der Waals surface area contributed by atoms with Gasteiger partial charge in [0.25, 0.3) is 23.6 Å². The van der Waals surface area contributed by atoms with Crippen LogP contribution in [0.2, 0.25) is 0 Å². The fourth-order valence-corrected chi connectivity index (χ4v) is 12.9. The van der Waals surface area contributed by atoms with E-state index in [-0.39, 0.29) is 24.3 Å². The number of carbonyl (C=O) groups is 8. The molecule has 4 heterocycles. The quantitative estimate of drug-likeness (QED) is 0.0215. The van der Waals surface area contributed by atoms with E-state index in [1.165, 1.54) is 47.7 Å². The Labute approximate surface area is 631 Å². The Morgan fingerprint density at radius 2 is 0.651 bits per heavy atom. The van der Waals surface area contributed by atoms with Gasteiger partial charge in [-0.2, -0.15) is 0 Å². The van der Waals surface area contributed by atoms with Gasteiger partial charge in [-0.05, 0) is 181 Å². The molecule has 12 rings (SSSR count). The summed E-state index contributed by atoms with van der Waals surface area (Å²) in [5.41, 5.74) is 21.1. The average molecular weight is 1470 g/mol. The summed E-state index contributed by atoms with van der Waals surface area (Å²) in [6.07, 6.45) is 0.882. The number of H-pyrrole nitrogens is 4. The Hall–Kier alpha value is -12.7. The van der Waals surface area contributed by atoms with Crippen molar-refractivity contribution in [2.75, 3.05) is 102 Å². The zero-order chi connectivity index (χ0) is 77.5. The largest absolute Gasteiger partial charge is 0.368 e. The van der Waals surface area contributed by atoms with Crippen LogP contribution < -0.4 is 16.4 Å². The number of primary amides is 1. The third-order valence-electron chi connectivity index (χ3n) is 19.9. The summed E-state index contributed by atoms with van der Waals surface area (Å²) in [6, 6.07) is 49.9. The Bertz CT molecular complexity index is 5370. The molecule has 0 unspecified atom stereocenters. The molecule has 8 aromatic carbocycles. The summed E-state index contributed by atoms with van der Waals surface area (Å²) < 4.78 is 0. The topological polar surface area (TPSA) is 324 Å². The van der Waals surface area contributed by atoms with Crippen LogP contribution in [-0.2, 0) is 19.2 Å². The van der Waals surface area contributed by atoms with Gasteiger partial charge in [-0.3, -0.25) is 38.4 Å². The Balaban J connectivity index is 0.591. The van der Waals surface area contributed by atoms with E-state index in [2.05, 4.69) is 30.6 Å². The number of imidazole rings is 4. The van der Waals surface area contributed by atoms with Crippen molar-refractivity contribution in [2.45, 2.75) is 51.7 Å². The van der Waals surface area contributed by atoms with E-state index >= 15 is 0 Å². The minimum atomic E-state index is -1.06. The number of fused-ring (bicyclic) bond motifs is 4. The number of aromatic amines is 4.